The third-order valence-corrected chi connectivity index (χ3v) is 5.35. The van der Waals surface area contributed by atoms with Crippen molar-refractivity contribution < 1.29 is 18.7 Å². The number of ether oxygens (including phenoxy) is 2. The molecular weight excluding hydrogens is 446 g/mol. The molecule has 2 aromatic carbocycles. The molecular formula is C19H18BrN3O4S. The fourth-order valence-corrected chi connectivity index (χ4v) is 3.11. The van der Waals surface area contributed by atoms with Crippen LogP contribution in [0.5, 0.6) is 11.5 Å². The molecule has 0 aliphatic carbocycles. The molecule has 3 rings (SSSR count). The van der Waals surface area contributed by atoms with E-state index in [0.29, 0.717) is 22.6 Å². The molecule has 1 heterocycles. The van der Waals surface area contributed by atoms with Gasteiger partial charge in [-0.2, -0.15) is 0 Å². The van der Waals surface area contributed by atoms with Gasteiger partial charge in [0.2, 0.25) is 5.91 Å². The lowest BCUT2D eigenvalue weighted by Gasteiger charge is -2.08. The average molecular weight is 464 g/mol. The van der Waals surface area contributed by atoms with E-state index in [1.165, 1.54) is 0 Å². The molecule has 0 aliphatic heterocycles. The summed E-state index contributed by atoms with van der Waals surface area (Å²) >= 11 is 4.60. The summed E-state index contributed by atoms with van der Waals surface area (Å²) in [5.41, 5.74) is 1.78. The summed E-state index contributed by atoms with van der Waals surface area (Å²) in [6.45, 7) is 2.07. The second-order valence-electron chi connectivity index (χ2n) is 5.70. The number of carbonyl (C=O) groups is 1. The van der Waals surface area contributed by atoms with E-state index in [4.69, 9.17) is 13.9 Å². The highest BCUT2D eigenvalue weighted by Gasteiger charge is 2.12. The number of rotatable bonds is 8. The van der Waals surface area contributed by atoms with Crippen molar-refractivity contribution in [3.05, 3.63) is 58.4 Å². The zero-order valence-electron chi connectivity index (χ0n) is 15.3. The van der Waals surface area contributed by atoms with E-state index >= 15 is 0 Å². The smallest absolute Gasteiger partial charge is 0.277 e. The molecule has 1 N–H and O–H groups in total. The first-order valence-corrected chi connectivity index (χ1v) is 10.1. The van der Waals surface area contributed by atoms with Gasteiger partial charge in [-0.1, -0.05) is 39.8 Å². The van der Waals surface area contributed by atoms with Crippen molar-refractivity contribution in [2.45, 2.75) is 18.8 Å². The summed E-state index contributed by atoms with van der Waals surface area (Å²) in [5, 5.41) is 11.0. The number of benzene rings is 2. The van der Waals surface area contributed by atoms with Gasteiger partial charge >= 0.3 is 0 Å². The number of aryl methyl sites for hydroxylation is 1. The van der Waals surface area contributed by atoms with Gasteiger partial charge in [0, 0.05) is 10.2 Å². The summed E-state index contributed by atoms with van der Waals surface area (Å²) in [6, 6.07) is 12.9. The highest BCUT2D eigenvalue weighted by atomic mass is 79.9. The van der Waals surface area contributed by atoms with Gasteiger partial charge in [-0.3, -0.25) is 4.79 Å². The number of halogens is 1. The molecule has 0 saturated carbocycles. The number of nitrogens with one attached hydrogen (secondary N) is 1. The van der Waals surface area contributed by atoms with E-state index < -0.39 is 0 Å². The molecule has 0 saturated heterocycles. The van der Waals surface area contributed by atoms with Crippen molar-refractivity contribution in [3.8, 4) is 11.5 Å². The van der Waals surface area contributed by atoms with Crippen LogP contribution < -0.4 is 14.8 Å². The first kappa shape index (κ1) is 20.2. The van der Waals surface area contributed by atoms with Crippen molar-refractivity contribution in [2.24, 2.45) is 0 Å². The highest BCUT2D eigenvalue weighted by Crippen LogP contribution is 2.27. The number of hydrogen-bond acceptors (Lipinski definition) is 7. The van der Waals surface area contributed by atoms with Gasteiger partial charge in [0.1, 0.15) is 0 Å². The molecule has 9 heteroatoms. The standard InChI is InChI=1S/C19H18BrN3O4S/c1-12-9-13(7-8-14(12)20)21-17(24)11-28-19-23-22-18(27-19)10-26-16-6-4-3-5-15(16)25-2/h3-9H,10-11H2,1-2H3,(H,21,24). The average Bonchev–Trinajstić information content (AvgIpc) is 3.16. The summed E-state index contributed by atoms with van der Waals surface area (Å²) < 4.78 is 17.4. The third kappa shape index (κ3) is 5.49. The molecule has 146 valence electrons. The number of thioether (sulfide) groups is 1. The minimum Gasteiger partial charge on any atom is -0.493 e. The summed E-state index contributed by atoms with van der Waals surface area (Å²) in [6.07, 6.45) is 0. The number of carbonyl (C=O) groups excluding carboxylic acids is 1. The van der Waals surface area contributed by atoms with E-state index in [2.05, 4.69) is 31.4 Å². The van der Waals surface area contributed by atoms with Crippen molar-refractivity contribution in [3.63, 3.8) is 0 Å². The summed E-state index contributed by atoms with van der Waals surface area (Å²) in [7, 11) is 1.57. The molecule has 28 heavy (non-hydrogen) atoms. The number of amides is 1. The number of para-hydroxylation sites is 2. The highest BCUT2D eigenvalue weighted by molar-refractivity contribution is 9.10. The Morgan fingerprint density at radius 3 is 2.75 bits per heavy atom. The van der Waals surface area contributed by atoms with Crippen LogP contribution in [0.2, 0.25) is 0 Å². The number of methoxy groups -OCH3 is 1. The molecule has 1 amide bonds. The lowest BCUT2D eigenvalue weighted by atomic mass is 10.2. The van der Waals surface area contributed by atoms with Crippen molar-refractivity contribution in [1.29, 1.82) is 0 Å². The first-order valence-electron chi connectivity index (χ1n) is 8.32. The molecule has 0 radical (unpaired) electrons. The van der Waals surface area contributed by atoms with Crippen LogP contribution in [0.25, 0.3) is 0 Å². The van der Waals surface area contributed by atoms with Gasteiger partial charge in [0.25, 0.3) is 11.1 Å². The van der Waals surface area contributed by atoms with Gasteiger partial charge in [0.05, 0.1) is 12.9 Å². The second-order valence-corrected chi connectivity index (χ2v) is 7.48. The molecule has 1 aromatic heterocycles. The molecule has 0 atom stereocenters. The molecule has 0 fully saturated rings. The van der Waals surface area contributed by atoms with Gasteiger partial charge in [-0.25, -0.2) is 0 Å². The SMILES string of the molecule is COc1ccccc1OCc1nnc(SCC(=O)Nc2ccc(Br)c(C)c2)o1. The quantitative estimate of drug-likeness (QED) is 0.493. The van der Waals surface area contributed by atoms with E-state index in [1.54, 1.807) is 19.2 Å². The number of aromatic nitrogens is 2. The van der Waals surface area contributed by atoms with Gasteiger partial charge in [-0.05, 0) is 42.8 Å². The maximum atomic E-state index is 12.1. The zero-order valence-corrected chi connectivity index (χ0v) is 17.7. The third-order valence-electron chi connectivity index (χ3n) is 3.64. The zero-order chi connectivity index (χ0) is 19.9. The normalized spacial score (nSPS) is 10.5. The van der Waals surface area contributed by atoms with Crippen molar-refractivity contribution in [2.75, 3.05) is 18.2 Å². The van der Waals surface area contributed by atoms with Crippen LogP contribution in [0.3, 0.4) is 0 Å². The van der Waals surface area contributed by atoms with Crippen LogP contribution in [0, 0.1) is 6.92 Å². The Morgan fingerprint density at radius 2 is 2.00 bits per heavy atom. The van der Waals surface area contributed by atoms with Crippen molar-refractivity contribution in [1.82, 2.24) is 10.2 Å². The summed E-state index contributed by atoms with van der Waals surface area (Å²) in [5.74, 6) is 1.52. The van der Waals surface area contributed by atoms with E-state index in [0.717, 1.165) is 27.5 Å². The topological polar surface area (TPSA) is 86.5 Å². The van der Waals surface area contributed by atoms with Crippen molar-refractivity contribution >= 4 is 39.3 Å². The predicted octanol–water partition coefficient (Wildman–Crippen LogP) is 4.46. The van der Waals surface area contributed by atoms with Gasteiger partial charge < -0.3 is 19.2 Å². The van der Waals surface area contributed by atoms with Crippen LogP contribution in [0.1, 0.15) is 11.5 Å². The Balaban J connectivity index is 1.49. The number of hydrogen-bond donors (Lipinski definition) is 1. The molecule has 0 aliphatic rings. The Morgan fingerprint density at radius 1 is 1.21 bits per heavy atom. The van der Waals surface area contributed by atoms with Crippen LogP contribution >= 0.6 is 27.7 Å². The molecule has 3 aromatic rings. The van der Waals surface area contributed by atoms with E-state index in [-0.39, 0.29) is 18.3 Å². The maximum absolute atomic E-state index is 12.1. The molecule has 7 nitrogen and oxygen atoms in total. The largest absolute Gasteiger partial charge is 0.493 e. The van der Waals surface area contributed by atoms with Crippen LogP contribution in [-0.2, 0) is 11.4 Å². The van der Waals surface area contributed by atoms with Crippen LogP contribution in [-0.4, -0.2) is 29.0 Å². The van der Waals surface area contributed by atoms with Gasteiger partial charge in [0.15, 0.2) is 18.1 Å². The van der Waals surface area contributed by atoms with Gasteiger partial charge in [-0.15, -0.1) is 10.2 Å². The molecule has 0 spiro atoms. The maximum Gasteiger partial charge on any atom is 0.277 e. The predicted molar refractivity (Wildman–Crippen MR) is 110 cm³/mol. The first-order chi connectivity index (χ1) is 13.5. The fourth-order valence-electron chi connectivity index (χ4n) is 2.28. The lowest BCUT2D eigenvalue weighted by molar-refractivity contribution is -0.113. The minimum atomic E-state index is -0.156. The Labute approximate surface area is 175 Å². The number of anilines is 1. The van der Waals surface area contributed by atoms with Crippen LogP contribution in [0.15, 0.2) is 56.6 Å². The second kappa shape index (κ2) is 9.61. The number of nitrogens with zero attached hydrogens (tertiary/aromatic N) is 2. The van der Waals surface area contributed by atoms with Crippen LogP contribution in [0.4, 0.5) is 5.69 Å². The lowest BCUT2D eigenvalue weighted by Crippen LogP contribution is -2.14. The fraction of sp³-hybridized carbons (Fsp3) is 0.211. The monoisotopic (exact) mass is 463 g/mol. The van der Waals surface area contributed by atoms with E-state index in [9.17, 15) is 4.79 Å². The Hall–Kier alpha value is -2.52. The molecule has 0 unspecified atom stereocenters. The Kier molecular flexibility index (Phi) is 6.94. The summed E-state index contributed by atoms with van der Waals surface area (Å²) in [4.78, 5) is 12.1. The molecule has 0 bridgehead atoms. The Bertz CT molecular complexity index is 964. The minimum absolute atomic E-state index is 0.109. The van der Waals surface area contributed by atoms with E-state index in [1.807, 2.05) is 37.3 Å².